The summed E-state index contributed by atoms with van der Waals surface area (Å²) < 4.78 is 10.3. The highest BCUT2D eigenvalue weighted by molar-refractivity contribution is 6.30. The third-order valence-electron chi connectivity index (χ3n) is 3.27. The number of ether oxygens (including phenoxy) is 2. The van der Waals surface area contributed by atoms with E-state index < -0.39 is 5.97 Å². The normalized spacial score (nSPS) is 10.5. The number of carbonyl (C=O) groups is 1. The highest BCUT2D eigenvalue weighted by Crippen LogP contribution is 2.32. The number of fused-ring (bicyclic) bond motifs is 1. The zero-order valence-electron chi connectivity index (χ0n) is 12.1. The molecule has 23 heavy (non-hydrogen) atoms. The Hall–Kier alpha value is -2.79. The number of aromatic hydroxyl groups is 1. The van der Waals surface area contributed by atoms with Crippen LogP contribution in [-0.2, 0) is 4.74 Å². The van der Waals surface area contributed by atoms with Crippen LogP contribution in [0.4, 0.5) is 0 Å². The summed E-state index contributed by atoms with van der Waals surface area (Å²) in [5.41, 5.74) is -0.136. The fourth-order valence-corrected chi connectivity index (χ4v) is 2.25. The van der Waals surface area contributed by atoms with Crippen LogP contribution in [0.2, 0.25) is 5.02 Å². The van der Waals surface area contributed by atoms with Crippen LogP contribution < -0.4 is 4.74 Å². The van der Waals surface area contributed by atoms with Crippen molar-refractivity contribution in [3.8, 4) is 17.2 Å². The lowest BCUT2D eigenvalue weighted by Gasteiger charge is -2.09. The van der Waals surface area contributed by atoms with Crippen molar-refractivity contribution >= 4 is 28.3 Å². The van der Waals surface area contributed by atoms with E-state index in [0.29, 0.717) is 27.3 Å². The number of methoxy groups -OCH3 is 1. The maximum absolute atomic E-state index is 11.6. The van der Waals surface area contributed by atoms with E-state index in [4.69, 9.17) is 16.3 Å². The number of pyridine rings is 1. The van der Waals surface area contributed by atoms with Gasteiger partial charge in [-0.2, -0.15) is 0 Å². The number of aromatic nitrogens is 1. The predicted molar refractivity (Wildman–Crippen MR) is 86.3 cm³/mol. The van der Waals surface area contributed by atoms with Gasteiger partial charge in [-0.1, -0.05) is 11.6 Å². The van der Waals surface area contributed by atoms with Crippen molar-refractivity contribution in [1.82, 2.24) is 4.98 Å². The van der Waals surface area contributed by atoms with Gasteiger partial charge in [0.1, 0.15) is 11.5 Å². The summed E-state index contributed by atoms with van der Waals surface area (Å²) >= 11 is 5.84. The van der Waals surface area contributed by atoms with E-state index in [-0.39, 0.29) is 11.4 Å². The first-order chi connectivity index (χ1) is 11.1. The summed E-state index contributed by atoms with van der Waals surface area (Å²) in [6, 6.07) is 12.0. The molecule has 1 N–H and O–H groups in total. The SMILES string of the molecule is COC(=O)c1ncc2ccc(Oc3ccc(Cl)cc3)cc2c1O. The van der Waals surface area contributed by atoms with E-state index in [9.17, 15) is 9.90 Å². The minimum atomic E-state index is -0.701. The van der Waals surface area contributed by atoms with Gasteiger partial charge in [0.05, 0.1) is 7.11 Å². The molecule has 3 rings (SSSR count). The maximum atomic E-state index is 11.6. The summed E-state index contributed by atoms with van der Waals surface area (Å²) in [5.74, 6) is 0.178. The third-order valence-corrected chi connectivity index (χ3v) is 3.52. The van der Waals surface area contributed by atoms with Crippen LogP contribution in [0, 0.1) is 0 Å². The molecular formula is C17H12ClNO4. The molecule has 116 valence electrons. The number of esters is 1. The largest absolute Gasteiger partial charge is 0.505 e. The van der Waals surface area contributed by atoms with Crippen molar-refractivity contribution in [1.29, 1.82) is 0 Å². The molecule has 1 heterocycles. The Morgan fingerprint density at radius 3 is 2.52 bits per heavy atom. The van der Waals surface area contributed by atoms with Crippen molar-refractivity contribution in [3.05, 3.63) is 59.4 Å². The van der Waals surface area contributed by atoms with Crippen LogP contribution in [-0.4, -0.2) is 23.2 Å². The van der Waals surface area contributed by atoms with E-state index in [1.165, 1.54) is 13.3 Å². The van der Waals surface area contributed by atoms with Crippen molar-refractivity contribution in [2.45, 2.75) is 0 Å². The average molecular weight is 330 g/mol. The molecule has 6 heteroatoms. The number of hydrogen-bond donors (Lipinski definition) is 1. The average Bonchev–Trinajstić information content (AvgIpc) is 2.57. The molecule has 0 bridgehead atoms. The van der Waals surface area contributed by atoms with Crippen molar-refractivity contribution < 1.29 is 19.4 Å². The van der Waals surface area contributed by atoms with Crippen molar-refractivity contribution in [2.75, 3.05) is 7.11 Å². The molecule has 0 atom stereocenters. The summed E-state index contributed by atoms with van der Waals surface area (Å²) in [5, 5.41) is 12.0. The molecule has 0 saturated heterocycles. The summed E-state index contributed by atoms with van der Waals surface area (Å²) in [4.78, 5) is 15.5. The molecule has 1 aromatic heterocycles. The van der Waals surface area contributed by atoms with Gasteiger partial charge in [0.2, 0.25) is 0 Å². The Labute approximate surface area is 137 Å². The van der Waals surface area contributed by atoms with Gasteiger partial charge in [-0.3, -0.25) is 0 Å². The summed E-state index contributed by atoms with van der Waals surface area (Å²) in [6.07, 6.45) is 1.49. The highest BCUT2D eigenvalue weighted by Gasteiger charge is 2.16. The lowest BCUT2D eigenvalue weighted by molar-refractivity contribution is 0.0591. The van der Waals surface area contributed by atoms with E-state index in [2.05, 4.69) is 9.72 Å². The van der Waals surface area contributed by atoms with Crippen LogP contribution in [0.25, 0.3) is 10.8 Å². The third kappa shape index (κ3) is 3.05. The standard InChI is InChI=1S/C17H12ClNO4/c1-22-17(21)15-16(20)14-8-13(5-2-10(14)9-19-15)23-12-6-3-11(18)4-7-12/h2-9,20H,1H3. The topological polar surface area (TPSA) is 68.7 Å². The zero-order valence-corrected chi connectivity index (χ0v) is 12.9. The second-order valence-corrected chi connectivity index (χ2v) is 5.19. The first kappa shape index (κ1) is 15.1. The van der Waals surface area contributed by atoms with Gasteiger partial charge in [0, 0.05) is 22.0 Å². The quantitative estimate of drug-likeness (QED) is 0.730. The lowest BCUT2D eigenvalue weighted by atomic mass is 10.1. The maximum Gasteiger partial charge on any atom is 0.360 e. The van der Waals surface area contributed by atoms with Crippen LogP contribution in [0.3, 0.4) is 0 Å². The molecule has 0 amide bonds. The second kappa shape index (κ2) is 6.14. The van der Waals surface area contributed by atoms with Gasteiger partial charge in [0.25, 0.3) is 0 Å². The molecule has 0 radical (unpaired) electrons. The Morgan fingerprint density at radius 2 is 1.83 bits per heavy atom. The molecule has 0 saturated carbocycles. The Balaban J connectivity index is 2.01. The Bertz CT molecular complexity index is 878. The molecular weight excluding hydrogens is 318 g/mol. The molecule has 5 nitrogen and oxygen atoms in total. The number of rotatable bonds is 3. The minimum Gasteiger partial charge on any atom is -0.505 e. The fraction of sp³-hybridized carbons (Fsp3) is 0.0588. The van der Waals surface area contributed by atoms with Gasteiger partial charge in [-0.25, -0.2) is 9.78 Å². The lowest BCUT2D eigenvalue weighted by Crippen LogP contribution is -2.04. The number of hydrogen-bond acceptors (Lipinski definition) is 5. The van der Waals surface area contributed by atoms with E-state index >= 15 is 0 Å². The van der Waals surface area contributed by atoms with E-state index in [1.54, 1.807) is 42.5 Å². The second-order valence-electron chi connectivity index (χ2n) is 4.75. The minimum absolute atomic E-state index is 0.136. The molecule has 3 aromatic rings. The molecule has 0 spiro atoms. The van der Waals surface area contributed by atoms with Gasteiger partial charge < -0.3 is 14.6 Å². The Morgan fingerprint density at radius 1 is 1.13 bits per heavy atom. The van der Waals surface area contributed by atoms with Gasteiger partial charge in [-0.05, 0) is 42.5 Å². The molecule has 0 aliphatic rings. The fourth-order valence-electron chi connectivity index (χ4n) is 2.12. The highest BCUT2D eigenvalue weighted by atomic mass is 35.5. The number of benzene rings is 2. The van der Waals surface area contributed by atoms with Crippen molar-refractivity contribution in [2.24, 2.45) is 0 Å². The number of halogens is 1. The Kier molecular flexibility index (Phi) is 4.04. The van der Waals surface area contributed by atoms with E-state index in [0.717, 1.165) is 0 Å². The van der Waals surface area contributed by atoms with Gasteiger partial charge >= 0.3 is 5.97 Å². The molecule has 0 unspecified atom stereocenters. The summed E-state index contributed by atoms with van der Waals surface area (Å²) in [7, 11) is 1.23. The van der Waals surface area contributed by atoms with Crippen LogP contribution >= 0.6 is 11.6 Å². The van der Waals surface area contributed by atoms with Crippen LogP contribution in [0.1, 0.15) is 10.5 Å². The van der Waals surface area contributed by atoms with Crippen LogP contribution in [0.5, 0.6) is 17.2 Å². The first-order valence-corrected chi connectivity index (χ1v) is 7.10. The molecule has 0 aliphatic heterocycles. The number of nitrogens with zero attached hydrogens (tertiary/aromatic N) is 1. The van der Waals surface area contributed by atoms with Gasteiger partial charge in [-0.15, -0.1) is 0 Å². The first-order valence-electron chi connectivity index (χ1n) is 6.72. The number of carbonyl (C=O) groups excluding carboxylic acids is 1. The zero-order chi connectivity index (χ0) is 16.4. The molecule has 2 aromatic carbocycles. The molecule has 0 aliphatic carbocycles. The molecule has 0 fully saturated rings. The van der Waals surface area contributed by atoms with E-state index in [1.807, 2.05) is 0 Å². The summed E-state index contributed by atoms with van der Waals surface area (Å²) in [6.45, 7) is 0. The van der Waals surface area contributed by atoms with Crippen LogP contribution in [0.15, 0.2) is 48.7 Å². The van der Waals surface area contributed by atoms with Gasteiger partial charge in [0.15, 0.2) is 11.4 Å². The van der Waals surface area contributed by atoms with Crippen molar-refractivity contribution in [3.63, 3.8) is 0 Å². The predicted octanol–water partition coefficient (Wildman–Crippen LogP) is 4.17. The smallest absolute Gasteiger partial charge is 0.360 e. The monoisotopic (exact) mass is 329 g/mol.